The Bertz CT molecular complexity index is 1680. The van der Waals surface area contributed by atoms with E-state index < -0.39 is 0 Å². The van der Waals surface area contributed by atoms with Crippen molar-refractivity contribution in [3.8, 4) is 45.3 Å². The second-order valence-corrected chi connectivity index (χ2v) is 13.0. The Labute approximate surface area is 250 Å². The summed E-state index contributed by atoms with van der Waals surface area (Å²) in [6.07, 6.45) is 6.78. The van der Waals surface area contributed by atoms with Crippen LogP contribution in [0.15, 0.2) is 103 Å². The highest BCUT2D eigenvalue weighted by molar-refractivity contribution is 6.32. The standard InChI is InChI=1S/C38H36BN3/c1-25-19-26-21-27(20-25)24-38(2,23-26)33-15-11-29(12-16-33)35-40-36(30-13-17-34(39)18-14-30)42-37(41-35)32-10-6-9-31(22-32)28-7-4-3-5-8-28/h3-18,22,25-27H,19-21,23-24H2,1-2H3/t25?,26-,27+,38?. The first kappa shape index (κ1) is 26.8. The van der Waals surface area contributed by atoms with E-state index in [4.69, 9.17) is 22.8 Å². The molecule has 2 unspecified atom stereocenters. The third kappa shape index (κ3) is 5.43. The highest BCUT2D eigenvalue weighted by Gasteiger charge is 2.41. The molecular weight excluding hydrogens is 509 g/mol. The van der Waals surface area contributed by atoms with E-state index in [1.54, 1.807) is 0 Å². The number of nitrogens with zero attached hydrogens (tertiary/aromatic N) is 3. The van der Waals surface area contributed by atoms with Crippen molar-refractivity contribution >= 4 is 13.3 Å². The van der Waals surface area contributed by atoms with E-state index in [1.807, 2.05) is 30.3 Å². The highest BCUT2D eigenvalue weighted by atomic mass is 15.0. The van der Waals surface area contributed by atoms with Gasteiger partial charge in [-0.15, -0.1) is 0 Å². The SMILES string of the molecule is [B]c1ccc(-c2nc(-c3ccc(C4(C)C[C@@H]5CC(C)C[C@@H](C5)C4)cc3)nc(-c3cccc(-c4ccccc4)c3)n2)cc1. The zero-order chi connectivity index (χ0) is 28.7. The predicted molar refractivity (Wildman–Crippen MR) is 174 cm³/mol. The van der Waals surface area contributed by atoms with Gasteiger partial charge in [-0.1, -0.05) is 116 Å². The van der Waals surface area contributed by atoms with Gasteiger partial charge in [0.2, 0.25) is 0 Å². The molecule has 2 aliphatic rings. The molecule has 0 aliphatic heterocycles. The summed E-state index contributed by atoms with van der Waals surface area (Å²) in [4.78, 5) is 14.9. The first-order valence-electron chi connectivity index (χ1n) is 15.3. The van der Waals surface area contributed by atoms with E-state index in [1.165, 1.54) is 37.7 Å². The normalized spacial score (nSPS) is 23.4. The molecule has 42 heavy (non-hydrogen) atoms. The van der Waals surface area contributed by atoms with Gasteiger partial charge in [0.05, 0.1) is 0 Å². The zero-order valence-corrected chi connectivity index (χ0v) is 24.5. The van der Waals surface area contributed by atoms with Gasteiger partial charge in [0.1, 0.15) is 7.85 Å². The molecule has 2 fully saturated rings. The average Bonchev–Trinajstić information content (AvgIpc) is 3.01. The minimum Gasteiger partial charge on any atom is -0.208 e. The minimum absolute atomic E-state index is 0.240. The monoisotopic (exact) mass is 545 g/mol. The maximum atomic E-state index is 5.99. The molecule has 206 valence electrons. The van der Waals surface area contributed by atoms with Crippen LogP contribution < -0.4 is 5.46 Å². The van der Waals surface area contributed by atoms with E-state index in [9.17, 15) is 0 Å². The van der Waals surface area contributed by atoms with Gasteiger partial charge in [0, 0.05) is 16.7 Å². The van der Waals surface area contributed by atoms with Gasteiger partial charge in [-0.05, 0) is 78.0 Å². The van der Waals surface area contributed by atoms with Gasteiger partial charge in [-0.25, -0.2) is 15.0 Å². The summed E-state index contributed by atoms with van der Waals surface area (Å²) in [5, 5.41) is 0. The van der Waals surface area contributed by atoms with Crippen LogP contribution >= 0.6 is 0 Å². The fourth-order valence-electron chi connectivity index (χ4n) is 7.71. The second-order valence-electron chi connectivity index (χ2n) is 13.0. The number of hydrogen-bond donors (Lipinski definition) is 0. The van der Waals surface area contributed by atoms with E-state index in [0.29, 0.717) is 22.9 Å². The van der Waals surface area contributed by atoms with Crippen LogP contribution in [0.5, 0.6) is 0 Å². The predicted octanol–water partition coefficient (Wildman–Crippen LogP) is 8.44. The topological polar surface area (TPSA) is 38.7 Å². The molecule has 5 aromatic rings. The third-order valence-electron chi connectivity index (χ3n) is 9.49. The van der Waals surface area contributed by atoms with Gasteiger partial charge in [-0.2, -0.15) is 0 Å². The first-order chi connectivity index (χ1) is 20.4. The van der Waals surface area contributed by atoms with Crippen molar-refractivity contribution in [2.45, 2.75) is 51.4 Å². The van der Waals surface area contributed by atoms with E-state index in [2.05, 4.69) is 86.6 Å². The summed E-state index contributed by atoms with van der Waals surface area (Å²) in [6.45, 7) is 4.92. The van der Waals surface area contributed by atoms with Crippen LogP contribution in [0.4, 0.5) is 0 Å². The fourth-order valence-corrected chi connectivity index (χ4v) is 7.71. The molecule has 2 bridgehead atoms. The average molecular weight is 546 g/mol. The van der Waals surface area contributed by atoms with Crippen molar-refractivity contribution in [1.82, 2.24) is 15.0 Å². The summed E-state index contributed by atoms with van der Waals surface area (Å²) in [5.74, 6) is 4.58. The number of benzene rings is 4. The number of aromatic nitrogens is 3. The summed E-state index contributed by atoms with van der Waals surface area (Å²) >= 11 is 0. The van der Waals surface area contributed by atoms with Crippen LogP contribution in [-0.2, 0) is 5.41 Å². The Hall–Kier alpha value is -4.05. The van der Waals surface area contributed by atoms with Crippen molar-refractivity contribution in [3.63, 3.8) is 0 Å². The third-order valence-corrected chi connectivity index (χ3v) is 9.49. The van der Waals surface area contributed by atoms with Crippen LogP contribution in [0.25, 0.3) is 45.3 Å². The molecule has 2 aliphatic carbocycles. The fraction of sp³-hybridized carbons (Fsp3) is 0.289. The van der Waals surface area contributed by atoms with Gasteiger partial charge < -0.3 is 0 Å². The van der Waals surface area contributed by atoms with Crippen molar-refractivity contribution in [1.29, 1.82) is 0 Å². The lowest BCUT2D eigenvalue weighted by atomic mass is 9.57. The smallest absolute Gasteiger partial charge is 0.164 e. The molecule has 4 heteroatoms. The molecule has 7 rings (SSSR count). The Balaban J connectivity index is 1.26. The summed E-state index contributed by atoms with van der Waals surface area (Å²) in [6, 6.07) is 35.6. The van der Waals surface area contributed by atoms with E-state index >= 15 is 0 Å². The van der Waals surface area contributed by atoms with Crippen LogP contribution in [0.1, 0.15) is 51.5 Å². The molecular formula is C38H36BN3. The van der Waals surface area contributed by atoms with Crippen LogP contribution in [0.3, 0.4) is 0 Å². The van der Waals surface area contributed by atoms with Crippen molar-refractivity contribution in [2.24, 2.45) is 17.8 Å². The number of rotatable bonds is 5. The molecule has 4 atom stereocenters. The molecule has 4 aromatic carbocycles. The largest absolute Gasteiger partial charge is 0.208 e. The van der Waals surface area contributed by atoms with E-state index in [0.717, 1.165) is 45.6 Å². The Morgan fingerprint density at radius 3 is 1.71 bits per heavy atom. The van der Waals surface area contributed by atoms with Crippen LogP contribution in [0.2, 0.25) is 0 Å². The minimum atomic E-state index is 0.240. The van der Waals surface area contributed by atoms with Crippen molar-refractivity contribution in [3.05, 3.63) is 109 Å². The Kier molecular flexibility index (Phi) is 7.02. The maximum absolute atomic E-state index is 5.99. The molecule has 1 heterocycles. The lowest BCUT2D eigenvalue weighted by molar-refractivity contribution is 0.0899. The zero-order valence-electron chi connectivity index (χ0n) is 24.5. The Morgan fingerprint density at radius 2 is 1.10 bits per heavy atom. The molecule has 0 spiro atoms. The summed E-state index contributed by atoms with van der Waals surface area (Å²) < 4.78 is 0. The van der Waals surface area contributed by atoms with Crippen LogP contribution in [0, 0.1) is 17.8 Å². The first-order valence-corrected chi connectivity index (χ1v) is 15.3. The molecule has 0 saturated heterocycles. The Morgan fingerprint density at radius 1 is 0.571 bits per heavy atom. The van der Waals surface area contributed by atoms with Crippen LogP contribution in [-0.4, -0.2) is 22.8 Å². The quantitative estimate of drug-likeness (QED) is 0.208. The van der Waals surface area contributed by atoms with E-state index in [-0.39, 0.29) is 5.41 Å². The lowest BCUT2D eigenvalue weighted by Gasteiger charge is -2.47. The van der Waals surface area contributed by atoms with Crippen molar-refractivity contribution in [2.75, 3.05) is 0 Å². The molecule has 1 aromatic heterocycles. The van der Waals surface area contributed by atoms with Gasteiger partial charge in [0.25, 0.3) is 0 Å². The number of fused-ring (bicyclic) bond motifs is 2. The van der Waals surface area contributed by atoms with Gasteiger partial charge >= 0.3 is 0 Å². The van der Waals surface area contributed by atoms with Gasteiger partial charge in [0.15, 0.2) is 17.5 Å². The number of hydrogen-bond acceptors (Lipinski definition) is 3. The summed E-state index contributed by atoms with van der Waals surface area (Å²) in [5.41, 5.74) is 7.58. The molecule has 3 nitrogen and oxygen atoms in total. The molecule has 0 amide bonds. The highest BCUT2D eigenvalue weighted by Crippen LogP contribution is 2.51. The molecule has 2 saturated carbocycles. The second kappa shape index (κ2) is 11.0. The lowest BCUT2D eigenvalue weighted by Crippen LogP contribution is -2.38. The van der Waals surface area contributed by atoms with Crippen molar-refractivity contribution < 1.29 is 0 Å². The van der Waals surface area contributed by atoms with Gasteiger partial charge in [-0.3, -0.25) is 0 Å². The summed E-state index contributed by atoms with van der Waals surface area (Å²) in [7, 11) is 5.99. The maximum Gasteiger partial charge on any atom is 0.164 e. The molecule has 2 radical (unpaired) electrons. The molecule has 0 N–H and O–H groups in total.